The van der Waals surface area contributed by atoms with Crippen LogP contribution >= 0.6 is 0 Å². The molecule has 8 nitrogen and oxygen atoms in total. The lowest BCUT2D eigenvalue weighted by Crippen LogP contribution is -2.22. The second-order valence-electron chi connectivity index (χ2n) is 10.4. The molecule has 198 valence electrons. The summed E-state index contributed by atoms with van der Waals surface area (Å²) >= 11 is 0. The Balaban J connectivity index is 1.39. The maximum atomic E-state index is 13.6. The Labute approximate surface area is 234 Å². The largest absolute Gasteiger partial charge is 0.437 e. The lowest BCUT2D eigenvalue weighted by molar-refractivity contribution is 0.422. The molecule has 0 bridgehead atoms. The normalized spacial score (nSPS) is 14.1. The first-order valence-corrected chi connectivity index (χ1v) is 13.3. The molecule has 0 N–H and O–H groups in total. The Bertz CT molecular complexity index is 2200. The molecule has 8 heteroatoms. The molecule has 1 aliphatic rings. The zero-order valence-electron chi connectivity index (χ0n) is 22.3. The van der Waals surface area contributed by atoms with E-state index in [1.807, 2.05) is 79.7 Å². The van der Waals surface area contributed by atoms with Crippen LogP contribution in [0.2, 0.25) is 0 Å². The fourth-order valence-corrected chi connectivity index (χ4v) is 5.68. The van der Waals surface area contributed by atoms with Crippen LogP contribution in [-0.4, -0.2) is 33.7 Å². The van der Waals surface area contributed by atoms with Gasteiger partial charge in [-0.1, -0.05) is 60.7 Å². The summed E-state index contributed by atoms with van der Waals surface area (Å²) in [4.78, 5) is 25.3. The molecule has 4 aromatic carbocycles. The maximum absolute atomic E-state index is 13.6. The molecular weight excluding hydrogens is 514 g/mol. The highest BCUT2D eigenvalue weighted by Gasteiger charge is 2.37. The standard InChI is InChI=1S/C33H23N5O3/c1-37(2)23-15-13-20(14-16-23)26-27-29(24-9-5-6-10-25(24)40-33(27)39)41-32-28(26)31-35-30(36-38(31)18-34-32)22-12-11-19-7-3-4-8-21(19)17-22/h3-18,26H,1-2H3. The van der Waals surface area contributed by atoms with Gasteiger partial charge in [0, 0.05) is 25.3 Å². The van der Waals surface area contributed by atoms with Crippen molar-refractivity contribution in [2.75, 3.05) is 19.0 Å². The molecule has 1 aliphatic heterocycles. The minimum atomic E-state index is -0.532. The van der Waals surface area contributed by atoms with Crippen molar-refractivity contribution in [3.63, 3.8) is 0 Å². The second kappa shape index (κ2) is 8.76. The minimum Gasteiger partial charge on any atom is -0.437 e. The zero-order valence-corrected chi connectivity index (χ0v) is 22.3. The Morgan fingerprint density at radius 2 is 1.63 bits per heavy atom. The molecule has 4 heterocycles. The van der Waals surface area contributed by atoms with Gasteiger partial charge in [0.15, 0.2) is 17.2 Å². The lowest BCUT2D eigenvalue weighted by Gasteiger charge is -2.27. The van der Waals surface area contributed by atoms with Crippen molar-refractivity contribution >= 4 is 33.1 Å². The number of hydrogen-bond acceptors (Lipinski definition) is 7. The van der Waals surface area contributed by atoms with Crippen LogP contribution in [0.25, 0.3) is 38.8 Å². The Hall–Kier alpha value is -5.50. The third-order valence-corrected chi connectivity index (χ3v) is 7.71. The number of ether oxygens (including phenoxy) is 1. The van der Waals surface area contributed by atoms with E-state index in [4.69, 9.17) is 19.2 Å². The topological polar surface area (TPSA) is 85.8 Å². The molecule has 8 rings (SSSR count). The van der Waals surface area contributed by atoms with Crippen LogP contribution in [0.15, 0.2) is 107 Å². The van der Waals surface area contributed by atoms with Crippen molar-refractivity contribution in [2.24, 2.45) is 0 Å². The second-order valence-corrected chi connectivity index (χ2v) is 10.4. The maximum Gasteiger partial charge on any atom is 0.344 e. The number of aromatic nitrogens is 4. The molecule has 1 atom stereocenters. The molecular formula is C33H23N5O3. The van der Waals surface area contributed by atoms with E-state index in [1.165, 1.54) is 0 Å². The lowest BCUT2D eigenvalue weighted by atomic mass is 9.84. The summed E-state index contributed by atoms with van der Waals surface area (Å²) in [7, 11) is 3.99. The molecule has 0 saturated carbocycles. The van der Waals surface area contributed by atoms with Gasteiger partial charge >= 0.3 is 5.63 Å². The number of anilines is 1. The van der Waals surface area contributed by atoms with Gasteiger partial charge in [0.2, 0.25) is 5.88 Å². The monoisotopic (exact) mass is 537 g/mol. The summed E-state index contributed by atoms with van der Waals surface area (Å²) in [6.45, 7) is 0. The van der Waals surface area contributed by atoms with Gasteiger partial charge in [0.25, 0.3) is 0 Å². The van der Waals surface area contributed by atoms with E-state index in [2.05, 4.69) is 29.2 Å². The van der Waals surface area contributed by atoms with Gasteiger partial charge in [-0.15, -0.1) is 5.10 Å². The first kappa shape index (κ1) is 23.4. The van der Waals surface area contributed by atoms with Gasteiger partial charge in [0.1, 0.15) is 11.9 Å². The van der Waals surface area contributed by atoms with Crippen LogP contribution in [0, 0.1) is 0 Å². The van der Waals surface area contributed by atoms with E-state index in [0.29, 0.717) is 45.2 Å². The number of para-hydroxylation sites is 1. The molecule has 0 saturated heterocycles. The molecule has 0 aliphatic carbocycles. The van der Waals surface area contributed by atoms with Crippen molar-refractivity contribution in [3.05, 3.63) is 124 Å². The van der Waals surface area contributed by atoms with Crippen LogP contribution in [0.1, 0.15) is 22.6 Å². The number of rotatable bonds is 3. The first-order chi connectivity index (χ1) is 20.0. The smallest absolute Gasteiger partial charge is 0.344 e. The Morgan fingerprint density at radius 1 is 0.854 bits per heavy atom. The minimum absolute atomic E-state index is 0.389. The number of fused-ring (bicyclic) bond motifs is 7. The van der Waals surface area contributed by atoms with Crippen LogP contribution in [0.5, 0.6) is 11.6 Å². The van der Waals surface area contributed by atoms with Gasteiger partial charge in [-0.3, -0.25) is 0 Å². The van der Waals surface area contributed by atoms with Crippen molar-refractivity contribution < 1.29 is 9.15 Å². The Morgan fingerprint density at radius 3 is 2.46 bits per heavy atom. The Kier molecular flexibility index (Phi) is 5.00. The van der Waals surface area contributed by atoms with E-state index in [0.717, 1.165) is 27.6 Å². The average Bonchev–Trinajstić information content (AvgIpc) is 3.45. The van der Waals surface area contributed by atoms with E-state index < -0.39 is 11.5 Å². The highest BCUT2D eigenvalue weighted by molar-refractivity contribution is 5.88. The third kappa shape index (κ3) is 3.61. The zero-order chi connectivity index (χ0) is 27.7. The van der Waals surface area contributed by atoms with Crippen LogP contribution in [-0.2, 0) is 0 Å². The SMILES string of the molecule is CN(C)c1ccc(C2c3c(c4ccccc4oc3=O)Oc3ncn4nc(-c5ccc6ccccc6c5)nc4c32)cc1. The summed E-state index contributed by atoms with van der Waals surface area (Å²) in [6.07, 6.45) is 1.61. The van der Waals surface area contributed by atoms with E-state index in [-0.39, 0.29) is 0 Å². The average molecular weight is 538 g/mol. The molecule has 7 aromatic rings. The molecule has 0 fully saturated rings. The first-order valence-electron chi connectivity index (χ1n) is 13.3. The molecule has 41 heavy (non-hydrogen) atoms. The van der Waals surface area contributed by atoms with Crippen LogP contribution in [0.3, 0.4) is 0 Å². The molecule has 3 aromatic heterocycles. The highest BCUT2D eigenvalue weighted by atomic mass is 16.5. The number of nitrogens with zero attached hydrogens (tertiary/aromatic N) is 5. The fourth-order valence-electron chi connectivity index (χ4n) is 5.68. The number of hydrogen-bond donors (Lipinski definition) is 0. The molecule has 0 spiro atoms. The highest BCUT2D eigenvalue weighted by Crippen LogP contribution is 2.49. The molecule has 0 amide bonds. The van der Waals surface area contributed by atoms with Gasteiger partial charge in [-0.2, -0.15) is 0 Å². The summed E-state index contributed by atoms with van der Waals surface area (Å²) in [6, 6.07) is 29.8. The van der Waals surface area contributed by atoms with Gasteiger partial charge in [-0.25, -0.2) is 19.3 Å². The summed E-state index contributed by atoms with van der Waals surface area (Å²) in [5, 5.41) is 7.73. The summed E-state index contributed by atoms with van der Waals surface area (Å²) in [5.74, 6) is 0.872. The summed E-state index contributed by atoms with van der Waals surface area (Å²) < 4.78 is 13.9. The van der Waals surface area contributed by atoms with E-state index in [1.54, 1.807) is 16.9 Å². The third-order valence-electron chi connectivity index (χ3n) is 7.71. The predicted octanol–water partition coefficient (Wildman–Crippen LogP) is 6.40. The van der Waals surface area contributed by atoms with E-state index in [9.17, 15) is 4.79 Å². The van der Waals surface area contributed by atoms with Crippen molar-refractivity contribution in [1.29, 1.82) is 0 Å². The van der Waals surface area contributed by atoms with Crippen LogP contribution in [0.4, 0.5) is 5.69 Å². The van der Waals surface area contributed by atoms with Crippen molar-refractivity contribution in [2.45, 2.75) is 5.92 Å². The quantitative estimate of drug-likeness (QED) is 0.241. The van der Waals surface area contributed by atoms with Gasteiger partial charge < -0.3 is 14.1 Å². The van der Waals surface area contributed by atoms with E-state index >= 15 is 0 Å². The molecule has 0 radical (unpaired) electrons. The molecule has 1 unspecified atom stereocenters. The van der Waals surface area contributed by atoms with Gasteiger partial charge in [-0.05, 0) is 46.7 Å². The van der Waals surface area contributed by atoms with Crippen molar-refractivity contribution in [3.8, 4) is 23.0 Å². The van der Waals surface area contributed by atoms with Crippen molar-refractivity contribution in [1.82, 2.24) is 19.6 Å². The predicted molar refractivity (Wildman–Crippen MR) is 158 cm³/mol. The fraction of sp³-hybridized carbons (Fsp3) is 0.0909. The summed E-state index contributed by atoms with van der Waals surface area (Å²) in [5.41, 5.74) is 4.48. The van der Waals surface area contributed by atoms with Gasteiger partial charge in [0.05, 0.1) is 22.4 Å². The van der Waals surface area contributed by atoms with Crippen LogP contribution < -0.4 is 15.3 Å². The number of benzene rings is 4.